The first kappa shape index (κ1) is 36.3. The van der Waals surface area contributed by atoms with Gasteiger partial charge >= 0.3 is 5.97 Å². The molecule has 1 aliphatic carbocycles. The Bertz CT molecular complexity index is 1580. The second kappa shape index (κ2) is 15.8. The molecule has 2 N–H and O–H groups in total. The number of aryl methyl sites for hydroxylation is 1. The van der Waals surface area contributed by atoms with Gasteiger partial charge in [0.05, 0.1) is 23.6 Å². The summed E-state index contributed by atoms with van der Waals surface area (Å²) in [6, 6.07) is 14.6. The number of benzene rings is 2. The molecule has 270 valence electrons. The summed E-state index contributed by atoms with van der Waals surface area (Å²) in [7, 11) is 0. The van der Waals surface area contributed by atoms with E-state index in [1.165, 1.54) is 31.4 Å². The highest BCUT2D eigenvalue weighted by Gasteiger charge is 2.42. The van der Waals surface area contributed by atoms with E-state index >= 15 is 0 Å². The van der Waals surface area contributed by atoms with Crippen LogP contribution in [-0.4, -0.2) is 61.1 Å². The first-order chi connectivity index (χ1) is 24.0. The molecular formula is C41H54FN3O5. The van der Waals surface area contributed by atoms with Crippen molar-refractivity contribution >= 4 is 11.7 Å². The third kappa shape index (κ3) is 8.85. The van der Waals surface area contributed by atoms with Gasteiger partial charge in [-0.3, -0.25) is 4.98 Å². The standard InChI is InChI=1S/C41H54FN3O5/c1-28-35(38(39(46)47)50-40(2,3)4)37(45-21-19-41(20-22-45)17-5-18-41)36(34(44-28)27-43-26-30-14-23-48-24-15-30)31-8-12-33(13-9-31)49-25-16-29-6-10-32(42)11-7-29/h6-13,30,38,43H,5,14-27H2,1-4H3,(H,46,47)/t38-/m0/s1. The topological polar surface area (TPSA) is 93.2 Å². The van der Waals surface area contributed by atoms with Gasteiger partial charge in [0.25, 0.3) is 0 Å². The number of ether oxygens (including phenoxy) is 3. The van der Waals surface area contributed by atoms with Gasteiger partial charge in [-0.15, -0.1) is 0 Å². The number of nitrogens with one attached hydrogen (secondary N) is 1. The number of carbonyl (C=O) groups is 1. The number of piperidine rings is 1. The molecule has 0 radical (unpaired) electrons. The lowest BCUT2D eigenvalue weighted by Crippen LogP contribution is -2.44. The first-order valence-corrected chi connectivity index (χ1v) is 18.5. The minimum atomic E-state index is -1.17. The molecule has 8 nitrogen and oxygen atoms in total. The van der Waals surface area contributed by atoms with Gasteiger partial charge in [0, 0.05) is 56.1 Å². The molecule has 3 aromatic rings. The number of carboxylic acid groups (broad SMARTS) is 1. The van der Waals surface area contributed by atoms with Crippen molar-refractivity contribution in [2.75, 3.05) is 44.4 Å². The summed E-state index contributed by atoms with van der Waals surface area (Å²) in [6.45, 7) is 12.9. The normalized spacial score (nSPS) is 18.5. The molecule has 1 saturated carbocycles. The van der Waals surface area contributed by atoms with Crippen molar-refractivity contribution in [3.8, 4) is 16.9 Å². The third-order valence-corrected chi connectivity index (χ3v) is 10.8. The summed E-state index contributed by atoms with van der Waals surface area (Å²) in [5, 5.41) is 14.4. The average Bonchev–Trinajstić information content (AvgIpc) is 3.08. The van der Waals surface area contributed by atoms with Crippen molar-refractivity contribution in [1.29, 1.82) is 0 Å². The Balaban J connectivity index is 1.37. The maximum atomic E-state index is 13.4. The van der Waals surface area contributed by atoms with Crippen LogP contribution >= 0.6 is 0 Å². The average molecular weight is 688 g/mol. The lowest BCUT2D eigenvalue weighted by molar-refractivity contribution is -0.160. The van der Waals surface area contributed by atoms with Gasteiger partial charge in [-0.25, -0.2) is 9.18 Å². The van der Waals surface area contributed by atoms with E-state index in [2.05, 4.69) is 22.3 Å². The maximum absolute atomic E-state index is 13.4. The van der Waals surface area contributed by atoms with Crippen LogP contribution in [0, 0.1) is 24.1 Å². The number of rotatable bonds is 13. The zero-order valence-corrected chi connectivity index (χ0v) is 30.2. The number of halogens is 1. The van der Waals surface area contributed by atoms with Crippen molar-refractivity contribution in [1.82, 2.24) is 10.3 Å². The highest BCUT2D eigenvalue weighted by molar-refractivity contribution is 5.88. The molecule has 9 heteroatoms. The van der Waals surface area contributed by atoms with E-state index in [0.717, 1.165) is 92.4 Å². The molecule has 0 amide bonds. The summed E-state index contributed by atoms with van der Waals surface area (Å²) in [5.74, 6) is 0.0278. The van der Waals surface area contributed by atoms with Crippen LogP contribution in [0.2, 0.25) is 0 Å². The molecule has 0 bridgehead atoms. The number of pyridine rings is 1. The van der Waals surface area contributed by atoms with Gasteiger partial charge < -0.3 is 29.5 Å². The minimum absolute atomic E-state index is 0.247. The first-order valence-electron chi connectivity index (χ1n) is 18.5. The van der Waals surface area contributed by atoms with Crippen LogP contribution in [0.25, 0.3) is 11.1 Å². The van der Waals surface area contributed by atoms with Crippen LogP contribution in [-0.2, 0) is 27.2 Å². The van der Waals surface area contributed by atoms with E-state index in [0.29, 0.717) is 42.2 Å². The molecule has 6 rings (SSSR count). The number of aliphatic carboxylic acids is 1. The van der Waals surface area contributed by atoms with E-state index < -0.39 is 17.7 Å². The Kier molecular flexibility index (Phi) is 11.5. The Hall–Kier alpha value is -3.53. The molecule has 0 unspecified atom stereocenters. The van der Waals surface area contributed by atoms with Gasteiger partial charge in [0.2, 0.25) is 0 Å². The second-order valence-electron chi connectivity index (χ2n) is 15.5. The van der Waals surface area contributed by atoms with Crippen LogP contribution < -0.4 is 15.0 Å². The molecule has 1 aromatic heterocycles. The van der Waals surface area contributed by atoms with E-state index in [1.807, 2.05) is 39.8 Å². The lowest BCUT2D eigenvalue weighted by atomic mass is 9.63. The molecule has 3 fully saturated rings. The van der Waals surface area contributed by atoms with Gasteiger partial charge in [-0.1, -0.05) is 30.7 Å². The summed E-state index contributed by atoms with van der Waals surface area (Å²) in [4.78, 5) is 20.6. The molecule has 1 atom stereocenters. The monoisotopic (exact) mass is 687 g/mol. The summed E-state index contributed by atoms with van der Waals surface area (Å²) >= 11 is 0. The van der Waals surface area contributed by atoms with Gasteiger partial charge in [0.1, 0.15) is 11.6 Å². The number of anilines is 1. The number of hydrogen-bond acceptors (Lipinski definition) is 7. The quantitative estimate of drug-likeness (QED) is 0.187. The van der Waals surface area contributed by atoms with E-state index in [1.54, 1.807) is 12.1 Å². The molecule has 3 aliphatic rings. The zero-order chi connectivity index (χ0) is 35.3. The van der Waals surface area contributed by atoms with E-state index in [-0.39, 0.29) is 5.82 Å². The van der Waals surface area contributed by atoms with Crippen LogP contribution in [0.1, 0.15) is 94.3 Å². The Labute approximate surface area is 296 Å². The molecule has 50 heavy (non-hydrogen) atoms. The van der Waals surface area contributed by atoms with Crippen molar-refractivity contribution in [3.63, 3.8) is 0 Å². The van der Waals surface area contributed by atoms with E-state index in [9.17, 15) is 14.3 Å². The summed E-state index contributed by atoms with van der Waals surface area (Å²) in [6.07, 6.45) is 7.64. The molecule has 1 spiro atoms. The zero-order valence-electron chi connectivity index (χ0n) is 30.2. The summed E-state index contributed by atoms with van der Waals surface area (Å²) < 4.78 is 31.4. The Morgan fingerprint density at radius 1 is 1.06 bits per heavy atom. The van der Waals surface area contributed by atoms with Crippen LogP contribution in [0.15, 0.2) is 48.5 Å². The fourth-order valence-corrected chi connectivity index (χ4v) is 7.80. The highest BCUT2D eigenvalue weighted by atomic mass is 19.1. The van der Waals surface area contributed by atoms with Crippen molar-refractivity contribution < 1.29 is 28.5 Å². The molecule has 2 aromatic carbocycles. The molecule has 2 saturated heterocycles. The third-order valence-electron chi connectivity index (χ3n) is 10.8. The van der Waals surface area contributed by atoms with Gasteiger partial charge in [0.15, 0.2) is 6.10 Å². The minimum Gasteiger partial charge on any atom is -0.493 e. The summed E-state index contributed by atoms with van der Waals surface area (Å²) in [5.41, 5.74) is 5.84. The number of aromatic nitrogens is 1. The van der Waals surface area contributed by atoms with Gasteiger partial charge in [-0.2, -0.15) is 0 Å². The van der Waals surface area contributed by atoms with Crippen molar-refractivity contribution in [2.24, 2.45) is 11.3 Å². The van der Waals surface area contributed by atoms with E-state index in [4.69, 9.17) is 19.2 Å². The van der Waals surface area contributed by atoms with Crippen LogP contribution in [0.4, 0.5) is 10.1 Å². The molecule has 2 aliphatic heterocycles. The van der Waals surface area contributed by atoms with Crippen LogP contribution in [0.5, 0.6) is 5.75 Å². The fourth-order valence-electron chi connectivity index (χ4n) is 7.80. The lowest BCUT2D eigenvalue weighted by Gasteiger charge is -2.49. The second-order valence-corrected chi connectivity index (χ2v) is 15.5. The van der Waals surface area contributed by atoms with Crippen LogP contribution in [0.3, 0.4) is 0 Å². The van der Waals surface area contributed by atoms with Gasteiger partial charge in [-0.05, 0) is 119 Å². The Morgan fingerprint density at radius 3 is 2.34 bits per heavy atom. The number of hydrogen-bond donors (Lipinski definition) is 2. The SMILES string of the molecule is Cc1nc(CNCC2CCOCC2)c(-c2ccc(OCCc3ccc(F)cc3)cc2)c(N2CCC3(CCC3)CC2)c1[C@H](OC(C)(C)C)C(=O)O. The number of nitrogens with zero attached hydrogens (tertiary/aromatic N) is 2. The molecular weight excluding hydrogens is 633 g/mol. The van der Waals surface area contributed by atoms with Crippen molar-refractivity contribution in [2.45, 2.75) is 97.3 Å². The predicted octanol–water partition coefficient (Wildman–Crippen LogP) is 8.05. The van der Waals surface area contributed by atoms with Crippen molar-refractivity contribution in [3.05, 3.63) is 76.9 Å². The molecule has 3 heterocycles. The highest BCUT2D eigenvalue weighted by Crippen LogP contribution is 2.51. The Morgan fingerprint density at radius 2 is 1.74 bits per heavy atom. The largest absolute Gasteiger partial charge is 0.493 e. The maximum Gasteiger partial charge on any atom is 0.337 e. The smallest absolute Gasteiger partial charge is 0.337 e. The predicted molar refractivity (Wildman–Crippen MR) is 194 cm³/mol. The fraction of sp³-hybridized carbons (Fsp3) is 0.561. The number of carboxylic acids is 1.